The van der Waals surface area contributed by atoms with Crippen LogP contribution in [-0.4, -0.2) is 68.7 Å². The van der Waals surface area contributed by atoms with Gasteiger partial charge in [-0.15, -0.1) is 0 Å². The Kier molecular flexibility index (Phi) is 7.96. The number of nitrogens with zero attached hydrogens (tertiary/aromatic N) is 3. The molecule has 3 aliphatic rings. The number of piperidine rings is 1. The van der Waals surface area contributed by atoms with E-state index in [4.69, 9.17) is 0 Å². The molecule has 1 unspecified atom stereocenters. The first-order valence-corrected chi connectivity index (χ1v) is 14.9. The lowest BCUT2D eigenvalue weighted by molar-refractivity contribution is -0.122. The van der Waals surface area contributed by atoms with Crippen molar-refractivity contribution < 1.29 is 17.6 Å². The van der Waals surface area contributed by atoms with Crippen LogP contribution in [-0.2, 0) is 21.2 Å². The maximum absolute atomic E-state index is 15.1. The van der Waals surface area contributed by atoms with Gasteiger partial charge in [-0.2, -0.15) is 9.57 Å². The topological polar surface area (TPSA) is 93.5 Å². The zero-order chi connectivity index (χ0) is 26.9. The fraction of sp³-hybridized carbons (Fsp3) is 0.517. The minimum Gasteiger partial charge on any atom is -0.305 e. The largest absolute Gasteiger partial charge is 0.305 e. The van der Waals surface area contributed by atoms with Gasteiger partial charge in [0.25, 0.3) is 0 Å². The van der Waals surface area contributed by atoms with Crippen LogP contribution in [0, 0.1) is 29.0 Å². The quantitative estimate of drug-likeness (QED) is 0.552. The average Bonchev–Trinajstić information content (AvgIpc) is 3.48. The van der Waals surface area contributed by atoms with Crippen LogP contribution in [0.2, 0.25) is 0 Å². The summed E-state index contributed by atoms with van der Waals surface area (Å²) in [7, 11) is -1.60. The standard InChI is InChI=1S/C29H35FN4O3S/c1-33-11-2-12-34(14-13-33)38(36,37)26-9-6-21(7-10-26)22-3-4-23(27(30)18-22)15-20(19-31)16-28(35)29-24-5-8-25(17-24)32-29/h3-4,6-7,9-10,18,20,24-25,29,32H,2,5,8,11-17H2,1H3/t20-,24+,25-,29?/m1/s1. The van der Waals surface area contributed by atoms with Crippen LogP contribution in [0.5, 0.6) is 0 Å². The lowest BCUT2D eigenvalue weighted by Crippen LogP contribution is -2.42. The summed E-state index contributed by atoms with van der Waals surface area (Å²) < 4.78 is 42.8. The number of nitriles is 1. The van der Waals surface area contributed by atoms with Crippen LogP contribution in [0.3, 0.4) is 0 Å². The number of carbonyl (C=O) groups is 1. The van der Waals surface area contributed by atoms with E-state index in [1.54, 1.807) is 36.4 Å². The molecule has 2 aromatic carbocycles. The molecular formula is C29H35FN4O3S. The van der Waals surface area contributed by atoms with Gasteiger partial charge in [0, 0.05) is 32.1 Å². The molecule has 1 aliphatic carbocycles. The van der Waals surface area contributed by atoms with Crippen LogP contribution < -0.4 is 5.32 Å². The molecule has 38 heavy (non-hydrogen) atoms. The molecule has 5 rings (SSSR count). The number of halogens is 1. The van der Waals surface area contributed by atoms with E-state index in [0.717, 1.165) is 32.2 Å². The fourth-order valence-corrected chi connectivity index (χ4v) is 7.61. The maximum Gasteiger partial charge on any atom is 0.243 e. The first-order valence-electron chi connectivity index (χ1n) is 13.5. The molecule has 2 saturated heterocycles. The zero-order valence-electron chi connectivity index (χ0n) is 21.8. The first-order chi connectivity index (χ1) is 18.2. The van der Waals surface area contributed by atoms with E-state index in [1.165, 1.54) is 10.4 Å². The van der Waals surface area contributed by atoms with Crippen LogP contribution >= 0.6 is 0 Å². The lowest BCUT2D eigenvalue weighted by Gasteiger charge is -2.22. The Hall–Kier alpha value is -2.64. The molecule has 0 amide bonds. The van der Waals surface area contributed by atoms with Crippen molar-refractivity contribution in [1.29, 1.82) is 5.26 Å². The van der Waals surface area contributed by atoms with E-state index in [0.29, 0.717) is 48.3 Å². The molecule has 9 heteroatoms. The van der Waals surface area contributed by atoms with Gasteiger partial charge >= 0.3 is 0 Å². The highest BCUT2D eigenvalue weighted by molar-refractivity contribution is 7.89. The van der Waals surface area contributed by atoms with Crippen molar-refractivity contribution in [1.82, 2.24) is 14.5 Å². The molecule has 4 atom stereocenters. The molecule has 2 aromatic rings. The second kappa shape index (κ2) is 11.2. The Balaban J connectivity index is 1.24. The van der Waals surface area contributed by atoms with Crippen molar-refractivity contribution in [3.05, 3.63) is 53.8 Å². The second-order valence-corrected chi connectivity index (χ2v) is 12.9. The van der Waals surface area contributed by atoms with Gasteiger partial charge < -0.3 is 10.2 Å². The first kappa shape index (κ1) is 26.9. The Morgan fingerprint density at radius 1 is 1.11 bits per heavy atom. The molecule has 2 aliphatic heterocycles. The summed E-state index contributed by atoms with van der Waals surface area (Å²) in [6.07, 6.45) is 4.30. The van der Waals surface area contributed by atoms with E-state index in [-0.39, 0.29) is 29.6 Å². The molecule has 0 spiro atoms. The summed E-state index contributed by atoms with van der Waals surface area (Å²) in [6, 6.07) is 13.9. The van der Waals surface area contributed by atoms with E-state index in [9.17, 15) is 18.5 Å². The molecule has 3 fully saturated rings. The van der Waals surface area contributed by atoms with Gasteiger partial charge in [0.2, 0.25) is 10.0 Å². The minimum atomic E-state index is -3.59. The Bertz CT molecular complexity index is 1320. The third kappa shape index (κ3) is 5.69. The predicted molar refractivity (Wildman–Crippen MR) is 143 cm³/mol. The SMILES string of the molecule is CN1CCCN(S(=O)(=O)c2ccc(-c3ccc(C[C@@H](C#N)CC(=O)C4N[C@@H]5CC[C@H]4C5)c(F)c3)cc2)CC1. The monoisotopic (exact) mass is 538 g/mol. The Morgan fingerprint density at radius 2 is 1.87 bits per heavy atom. The van der Waals surface area contributed by atoms with Crippen molar-refractivity contribution in [3.8, 4) is 17.2 Å². The number of carbonyl (C=O) groups excluding carboxylic acids is 1. The predicted octanol–water partition coefficient (Wildman–Crippen LogP) is 3.60. The Morgan fingerprint density at radius 3 is 2.53 bits per heavy atom. The van der Waals surface area contributed by atoms with E-state index < -0.39 is 21.8 Å². The van der Waals surface area contributed by atoms with E-state index >= 15 is 4.39 Å². The summed E-state index contributed by atoms with van der Waals surface area (Å²) in [5, 5.41) is 13.0. The van der Waals surface area contributed by atoms with Crippen molar-refractivity contribution in [2.75, 3.05) is 33.2 Å². The number of benzene rings is 2. The van der Waals surface area contributed by atoms with Crippen LogP contribution in [0.1, 0.15) is 37.7 Å². The molecule has 2 bridgehead atoms. The lowest BCUT2D eigenvalue weighted by atomic mass is 9.88. The molecule has 1 N–H and O–H groups in total. The van der Waals surface area contributed by atoms with E-state index in [2.05, 4.69) is 16.3 Å². The van der Waals surface area contributed by atoms with Gasteiger partial charge in [-0.3, -0.25) is 4.79 Å². The number of ketones is 1. The molecule has 202 valence electrons. The molecule has 2 heterocycles. The van der Waals surface area contributed by atoms with Gasteiger partial charge in [0.05, 0.1) is 22.9 Å². The van der Waals surface area contributed by atoms with Gasteiger partial charge in [-0.05, 0) is 86.5 Å². The summed E-state index contributed by atoms with van der Waals surface area (Å²) in [5.74, 6) is -0.580. The van der Waals surface area contributed by atoms with Crippen LogP contribution in [0.25, 0.3) is 11.1 Å². The van der Waals surface area contributed by atoms with Crippen LogP contribution in [0.15, 0.2) is 47.4 Å². The summed E-state index contributed by atoms with van der Waals surface area (Å²) in [6.45, 7) is 2.52. The average molecular weight is 539 g/mol. The Labute approximate surface area is 224 Å². The fourth-order valence-electron chi connectivity index (χ4n) is 6.14. The summed E-state index contributed by atoms with van der Waals surface area (Å²) in [4.78, 5) is 15.2. The highest BCUT2D eigenvalue weighted by Gasteiger charge is 2.42. The number of hydrogen-bond donors (Lipinski definition) is 1. The number of hydrogen-bond acceptors (Lipinski definition) is 6. The third-order valence-electron chi connectivity index (χ3n) is 8.36. The van der Waals surface area contributed by atoms with Gasteiger partial charge in [0.1, 0.15) is 5.82 Å². The second-order valence-electron chi connectivity index (χ2n) is 11.0. The summed E-state index contributed by atoms with van der Waals surface area (Å²) >= 11 is 0. The maximum atomic E-state index is 15.1. The van der Waals surface area contributed by atoms with E-state index in [1.807, 2.05) is 7.05 Å². The number of fused-ring (bicyclic) bond motifs is 2. The van der Waals surface area contributed by atoms with Crippen molar-refractivity contribution in [2.45, 2.75) is 55.5 Å². The van der Waals surface area contributed by atoms with Crippen molar-refractivity contribution in [2.24, 2.45) is 11.8 Å². The van der Waals surface area contributed by atoms with Gasteiger partial charge in [0.15, 0.2) is 5.78 Å². The number of likely N-dealkylation sites (N-methyl/N-ethyl adjacent to an activating group) is 1. The number of sulfonamides is 1. The van der Waals surface area contributed by atoms with Crippen molar-refractivity contribution >= 4 is 15.8 Å². The smallest absolute Gasteiger partial charge is 0.243 e. The number of nitrogens with one attached hydrogen (secondary N) is 1. The molecular weight excluding hydrogens is 503 g/mol. The van der Waals surface area contributed by atoms with Crippen molar-refractivity contribution in [3.63, 3.8) is 0 Å². The van der Waals surface area contributed by atoms with Gasteiger partial charge in [-0.1, -0.05) is 24.3 Å². The molecule has 0 aromatic heterocycles. The molecule has 0 radical (unpaired) electrons. The highest BCUT2D eigenvalue weighted by Crippen LogP contribution is 2.36. The third-order valence-corrected chi connectivity index (χ3v) is 10.3. The number of rotatable bonds is 8. The van der Waals surface area contributed by atoms with Crippen LogP contribution in [0.4, 0.5) is 4.39 Å². The minimum absolute atomic E-state index is 0.0583. The van der Waals surface area contributed by atoms with Gasteiger partial charge in [-0.25, -0.2) is 12.8 Å². The highest BCUT2D eigenvalue weighted by atomic mass is 32.2. The normalized spacial score (nSPS) is 25.1. The molecule has 1 saturated carbocycles. The number of Topliss-reactive ketones (excluding diaryl/α,β-unsaturated/α-hetero) is 1. The summed E-state index contributed by atoms with van der Waals surface area (Å²) in [5.41, 5.74) is 1.74. The molecule has 7 nitrogen and oxygen atoms in total. The zero-order valence-corrected chi connectivity index (χ0v) is 22.6.